The molecule has 0 aromatic heterocycles. The second-order valence-corrected chi connectivity index (χ2v) is 6.13. The van der Waals surface area contributed by atoms with Gasteiger partial charge in [0.2, 0.25) is 5.91 Å². The fraction of sp³-hybridized carbons (Fsp3) is 0.471. The molecule has 8 heteroatoms. The number of anilines is 1. The Bertz CT molecular complexity index is 702. The van der Waals surface area contributed by atoms with Crippen LogP contribution in [-0.2, 0) is 19.1 Å². The predicted molar refractivity (Wildman–Crippen MR) is 87.5 cm³/mol. The summed E-state index contributed by atoms with van der Waals surface area (Å²) in [5, 5.41) is 0. The molecule has 2 heterocycles. The van der Waals surface area contributed by atoms with E-state index in [1.807, 2.05) is 0 Å². The monoisotopic (exact) mass is 348 g/mol. The van der Waals surface area contributed by atoms with Gasteiger partial charge in [-0.25, -0.2) is 0 Å². The van der Waals surface area contributed by atoms with Crippen molar-refractivity contribution in [2.24, 2.45) is 5.92 Å². The lowest BCUT2D eigenvalue weighted by molar-refractivity contribution is -0.154. The van der Waals surface area contributed by atoms with E-state index in [2.05, 4.69) is 0 Å². The van der Waals surface area contributed by atoms with Crippen LogP contribution < -0.4 is 14.4 Å². The molecule has 134 valence electrons. The highest BCUT2D eigenvalue weighted by molar-refractivity contribution is 5.99. The fourth-order valence-corrected chi connectivity index (χ4v) is 2.69. The first-order valence-electron chi connectivity index (χ1n) is 8.02. The topological polar surface area (TPSA) is 85.4 Å². The summed E-state index contributed by atoms with van der Waals surface area (Å²) < 4.78 is 16.0. The smallest absolute Gasteiger partial charge is 0.311 e. The maximum absolute atomic E-state index is 12.3. The number of rotatable bonds is 4. The van der Waals surface area contributed by atoms with E-state index in [9.17, 15) is 14.4 Å². The molecule has 2 aliphatic heterocycles. The second kappa shape index (κ2) is 7.00. The van der Waals surface area contributed by atoms with Gasteiger partial charge in [0.15, 0.2) is 18.1 Å². The molecule has 0 aliphatic carbocycles. The first kappa shape index (κ1) is 17.1. The van der Waals surface area contributed by atoms with Crippen LogP contribution >= 0.6 is 0 Å². The molecule has 0 radical (unpaired) electrons. The summed E-state index contributed by atoms with van der Waals surface area (Å²) in [6, 6.07) is 5.24. The van der Waals surface area contributed by atoms with E-state index in [1.54, 1.807) is 32.3 Å². The van der Waals surface area contributed by atoms with Crippen molar-refractivity contribution < 1.29 is 28.6 Å². The Kier molecular flexibility index (Phi) is 4.78. The first-order valence-corrected chi connectivity index (χ1v) is 8.02. The van der Waals surface area contributed by atoms with Crippen LogP contribution in [0.25, 0.3) is 0 Å². The van der Waals surface area contributed by atoms with Crippen LogP contribution in [-0.4, -0.2) is 63.1 Å². The van der Waals surface area contributed by atoms with Crippen molar-refractivity contribution in [3.63, 3.8) is 0 Å². The van der Waals surface area contributed by atoms with Crippen molar-refractivity contribution in [1.29, 1.82) is 0 Å². The molecule has 1 fully saturated rings. The zero-order chi connectivity index (χ0) is 18.0. The third-order valence-electron chi connectivity index (χ3n) is 4.13. The number of carbonyl (C=O) groups is 3. The Morgan fingerprint density at radius 1 is 1.24 bits per heavy atom. The Balaban J connectivity index is 1.64. The van der Waals surface area contributed by atoms with Crippen molar-refractivity contribution in [2.45, 2.75) is 6.42 Å². The lowest BCUT2D eigenvalue weighted by Gasteiger charge is -2.22. The molecular weight excluding hydrogens is 328 g/mol. The normalized spacial score (nSPS) is 18.9. The third kappa shape index (κ3) is 3.67. The average molecular weight is 348 g/mol. The highest BCUT2D eigenvalue weighted by Gasteiger charge is 2.36. The molecule has 2 aliphatic rings. The van der Waals surface area contributed by atoms with Gasteiger partial charge in [-0.2, -0.15) is 0 Å². The Morgan fingerprint density at radius 2 is 1.96 bits per heavy atom. The number of benzene rings is 1. The van der Waals surface area contributed by atoms with Gasteiger partial charge in [0.25, 0.3) is 5.91 Å². The molecule has 0 unspecified atom stereocenters. The van der Waals surface area contributed by atoms with Crippen LogP contribution in [0.15, 0.2) is 18.2 Å². The summed E-state index contributed by atoms with van der Waals surface area (Å²) in [5.74, 6) is -0.378. The summed E-state index contributed by atoms with van der Waals surface area (Å²) >= 11 is 0. The Hall–Kier alpha value is -2.77. The molecule has 1 aromatic rings. The van der Waals surface area contributed by atoms with Gasteiger partial charge in [0.1, 0.15) is 13.2 Å². The number of nitrogens with zero attached hydrogens (tertiary/aromatic N) is 2. The zero-order valence-electron chi connectivity index (χ0n) is 14.2. The summed E-state index contributed by atoms with van der Waals surface area (Å²) in [5.41, 5.74) is 0.647. The van der Waals surface area contributed by atoms with Crippen molar-refractivity contribution in [3.05, 3.63) is 18.2 Å². The lowest BCUT2D eigenvalue weighted by Crippen LogP contribution is -2.30. The van der Waals surface area contributed by atoms with E-state index >= 15 is 0 Å². The molecule has 8 nitrogen and oxygen atoms in total. The van der Waals surface area contributed by atoms with Gasteiger partial charge >= 0.3 is 5.97 Å². The van der Waals surface area contributed by atoms with Crippen molar-refractivity contribution in [3.8, 4) is 11.5 Å². The highest BCUT2D eigenvalue weighted by atomic mass is 16.6. The summed E-state index contributed by atoms with van der Waals surface area (Å²) in [6.45, 7) is 0.849. The average Bonchev–Trinajstić information content (AvgIpc) is 3.00. The standard InChI is InChI=1S/C17H20N2O6/c1-18(2)16(21)10-25-17(22)11-7-15(20)19(9-11)12-3-4-13-14(8-12)24-6-5-23-13/h3-4,8,11H,5-7,9-10H2,1-2H3/t11-/m1/s1. The second-order valence-electron chi connectivity index (χ2n) is 6.13. The molecule has 25 heavy (non-hydrogen) atoms. The minimum absolute atomic E-state index is 0.0590. The number of esters is 1. The lowest BCUT2D eigenvalue weighted by atomic mass is 10.1. The molecule has 0 bridgehead atoms. The quantitative estimate of drug-likeness (QED) is 0.734. The van der Waals surface area contributed by atoms with E-state index in [-0.39, 0.29) is 31.4 Å². The van der Waals surface area contributed by atoms with Crippen LogP contribution in [0.1, 0.15) is 6.42 Å². The van der Waals surface area contributed by atoms with E-state index in [0.29, 0.717) is 30.4 Å². The predicted octanol–water partition coefficient (Wildman–Crippen LogP) is 0.442. The van der Waals surface area contributed by atoms with Crippen LogP contribution in [0.2, 0.25) is 0 Å². The SMILES string of the molecule is CN(C)C(=O)COC(=O)[C@@H]1CC(=O)N(c2ccc3c(c2)OCCO3)C1. The molecule has 3 rings (SSSR count). The highest BCUT2D eigenvalue weighted by Crippen LogP contribution is 2.36. The van der Waals surface area contributed by atoms with Crippen LogP contribution in [0.3, 0.4) is 0 Å². The molecule has 0 N–H and O–H groups in total. The molecule has 1 saturated heterocycles. The van der Waals surface area contributed by atoms with Crippen molar-refractivity contribution in [1.82, 2.24) is 4.90 Å². The summed E-state index contributed by atoms with van der Waals surface area (Å²) in [7, 11) is 3.16. The van der Waals surface area contributed by atoms with Crippen molar-refractivity contribution >= 4 is 23.5 Å². The minimum atomic E-state index is -0.587. The fourth-order valence-electron chi connectivity index (χ4n) is 2.69. The maximum atomic E-state index is 12.3. The number of fused-ring (bicyclic) bond motifs is 1. The number of hydrogen-bond acceptors (Lipinski definition) is 6. The van der Waals surface area contributed by atoms with Gasteiger partial charge in [-0.1, -0.05) is 0 Å². The number of ether oxygens (including phenoxy) is 3. The number of carbonyl (C=O) groups excluding carboxylic acids is 3. The van der Waals surface area contributed by atoms with Gasteiger partial charge in [0, 0.05) is 38.8 Å². The Morgan fingerprint density at radius 3 is 2.68 bits per heavy atom. The summed E-state index contributed by atoms with van der Waals surface area (Å²) in [6.07, 6.45) is 0.0590. The third-order valence-corrected chi connectivity index (χ3v) is 4.13. The van der Waals surface area contributed by atoms with Crippen LogP contribution in [0.4, 0.5) is 5.69 Å². The number of likely N-dealkylation sites (N-methyl/N-ethyl adjacent to an activating group) is 1. The van der Waals surface area contributed by atoms with E-state index in [1.165, 1.54) is 9.80 Å². The molecular formula is C17H20N2O6. The number of hydrogen-bond donors (Lipinski definition) is 0. The van der Waals surface area contributed by atoms with Gasteiger partial charge in [-0.3, -0.25) is 14.4 Å². The molecule has 2 amide bonds. The molecule has 0 saturated carbocycles. The summed E-state index contributed by atoms with van der Waals surface area (Å²) in [4.78, 5) is 38.7. The maximum Gasteiger partial charge on any atom is 0.311 e. The molecule has 1 aromatic carbocycles. The van der Waals surface area contributed by atoms with Gasteiger partial charge in [-0.15, -0.1) is 0 Å². The van der Waals surface area contributed by atoms with Crippen LogP contribution in [0, 0.1) is 5.92 Å². The van der Waals surface area contributed by atoms with Crippen LogP contribution in [0.5, 0.6) is 11.5 Å². The first-order chi connectivity index (χ1) is 12.0. The zero-order valence-corrected chi connectivity index (χ0v) is 14.2. The van der Waals surface area contributed by atoms with E-state index < -0.39 is 11.9 Å². The van der Waals surface area contributed by atoms with Gasteiger partial charge < -0.3 is 24.0 Å². The van der Waals surface area contributed by atoms with E-state index in [4.69, 9.17) is 14.2 Å². The number of amides is 2. The van der Waals surface area contributed by atoms with E-state index in [0.717, 1.165) is 0 Å². The largest absolute Gasteiger partial charge is 0.486 e. The minimum Gasteiger partial charge on any atom is -0.486 e. The molecule has 0 spiro atoms. The Labute approximate surface area is 145 Å². The van der Waals surface area contributed by atoms with Gasteiger partial charge in [-0.05, 0) is 12.1 Å². The van der Waals surface area contributed by atoms with Crippen molar-refractivity contribution in [2.75, 3.05) is 45.4 Å². The molecule has 1 atom stereocenters. The van der Waals surface area contributed by atoms with Gasteiger partial charge in [0.05, 0.1) is 5.92 Å².